The van der Waals surface area contributed by atoms with E-state index < -0.39 is 41.9 Å². The van der Waals surface area contributed by atoms with Crippen LogP contribution in [-0.2, 0) is 6.61 Å². The molecule has 1 amide bonds. The average molecular weight is 508 g/mol. The minimum Gasteiger partial charge on any atom is -0.481 e. The van der Waals surface area contributed by atoms with Crippen LogP contribution in [-0.4, -0.2) is 45.4 Å². The number of aryl methyl sites for hydroxylation is 2. The molecule has 1 atom stereocenters. The topological polar surface area (TPSA) is 106 Å². The standard InChI is InChI=1S/C24H24F4N4O4/c1-11-8-30-23(35-5)12(2)21(11)32-22(34)16-6-17(25)15(7-20(16)36-14(4)24(26,27)28)18-9-29-13(3)19(10-33)31-18/h6-9,14,33H,10H2,1-5H3,(H,30,32,34). The molecule has 0 radical (unpaired) electrons. The van der Waals surface area contributed by atoms with Crippen molar-refractivity contribution in [2.24, 2.45) is 0 Å². The molecule has 0 aliphatic heterocycles. The number of nitrogens with zero attached hydrogens (tertiary/aromatic N) is 3. The van der Waals surface area contributed by atoms with Gasteiger partial charge < -0.3 is 19.9 Å². The van der Waals surface area contributed by atoms with Crippen LogP contribution in [0.25, 0.3) is 11.3 Å². The molecule has 0 fully saturated rings. The Bertz CT molecular complexity index is 1300. The fraction of sp³-hybridized carbons (Fsp3) is 0.333. The Hall–Kier alpha value is -3.80. The lowest BCUT2D eigenvalue weighted by Crippen LogP contribution is -2.32. The van der Waals surface area contributed by atoms with Crippen LogP contribution < -0.4 is 14.8 Å². The first-order valence-electron chi connectivity index (χ1n) is 10.7. The highest BCUT2D eigenvalue weighted by molar-refractivity contribution is 6.07. The summed E-state index contributed by atoms with van der Waals surface area (Å²) in [5, 5.41) is 12.0. The number of methoxy groups -OCH3 is 1. The summed E-state index contributed by atoms with van der Waals surface area (Å²) < 4.78 is 65.3. The molecule has 8 nitrogen and oxygen atoms in total. The largest absolute Gasteiger partial charge is 0.481 e. The fourth-order valence-electron chi connectivity index (χ4n) is 3.35. The minimum absolute atomic E-state index is 0.0517. The number of ether oxygens (including phenoxy) is 2. The predicted octanol–water partition coefficient (Wildman–Crippen LogP) is 4.69. The summed E-state index contributed by atoms with van der Waals surface area (Å²) in [5.74, 6) is -2.14. The molecule has 192 valence electrons. The molecule has 0 aliphatic rings. The number of aromatic nitrogens is 3. The van der Waals surface area contributed by atoms with Crippen molar-refractivity contribution in [3.05, 3.63) is 58.4 Å². The molecule has 0 bridgehead atoms. The minimum atomic E-state index is -4.75. The Labute approximate surface area is 204 Å². The van der Waals surface area contributed by atoms with Crippen LogP contribution in [0.3, 0.4) is 0 Å². The third-order valence-corrected chi connectivity index (χ3v) is 5.46. The Balaban J connectivity index is 2.12. The van der Waals surface area contributed by atoms with Gasteiger partial charge in [0.25, 0.3) is 5.91 Å². The van der Waals surface area contributed by atoms with Crippen molar-refractivity contribution in [3.63, 3.8) is 0 Å². The number of hydrogen-bond acceptors (Lipinski definition) is 7. The van der Waals surface area contributed by atoms with Gasteiger partial charge in [-0.2, -0.15) is 13.2 Å². The maximum Gasteiger partial charge on any atom is 0.425 e. The van der Waals surface area contributed by atoms with Crippen molar-refractivity contribution in [1.82, 2.24) is 15.0 Å². The maximum absolute atomic E-state index is 15.2. The van der Waals surface area contributed by atoms with E-state index in [9.17, 15) is 23.1 Å². The summed E-state index contributed by atoms with van der Waals surface area (Å²) in [4.78, 5) is 25.4. The van der Waals surface area contributed by atoms with Crippen LogP contribution in [0.2, 0.25) is 0 Å². The van der Waals surface area contributed by atoms with E-state index in [-0.39, 0.29) is 22.8 Å². The van der Waals surface area contributed by atoms with Gasteiger partial charge in [0.1, 0.15) is 11.6 Å². The average Bonchev–Trinajstić information content (AvgIpc) is 2.82. The molecule has 0 saturated heterocycles. The van der Waals surface area contributed by atoms with Crippen molar-refractivity contribution in [3.8, 4) is 22.9 Å². The van der Waals surface area contributed by atoms with Crippen molar-refractivity contribution >= 4 is 11.6 Å². The first kappa shape index (κ1) is 26.8. The van der Waals surface area contributed by atoms with Crippen molar-refractivity contribution < 1.29 is 36.9 Å². The number of hydrogen-bond donors (Lipinski definition) is 2. The second kappa shape index (κ2) is 10.4. The summed E-state index contributed by atoms with van der Waals surface area (Å²) in [6.45, 7) is 5.18. The third-order valence-electron chi connectivity index (χ3n) is 5.46. The Morgan fingerprint density at radius 2 is 1.86 bits per heavy atom. The summed E-state index contributed by atoms with van der Waals surface area (Å²) in [5.41, 5.74) is 1.13. The van der Waals surface area contributed by atoms with Gasteiger partial charge in [-0.05, 0) is 45.4 Å². The number of aliphatic hydroxyl groups excluding tert-OH is 1. The highest BCUT2D eigenvalue weighted by Gasteiger charge is 2.39. The van der Waals surface area contributed by atoms with Gasteiger partial charge >= 0.3 is 6.18 Å². The molecule has 2 aromatic heterocycles. The molecule has 2 heterocycles. The molecule has 2 N–H and O–H groups in total. The number of halogens is 4. The lowest BCUT2D eigenvalue weighted by atomic mass is 10.0. The zero-order valence-electron chi connectivity index (χ0n) is 20.1. The van der Waals surface area contributed by atoms with E-state index in [1.807, 2.05) is 0 Å². The van der Waals surface area contributed by atoms with E-state index in [0.29, 0.717) is 22.5 Å². The Morgan fingerprint density at radius 3 is 2.47 bits per heavy atom. The second-order valence-corrected chi connectivity index (χ2v) is 7.98. The monoisotopic (exact) mass is 508 g/mol. The number of aliphatic hydroxyl groups is 1. The van der Waals surface area contributed by atoms with Gasteiger partial charge in [-0.3, -0.25) is 9.78 Å². The van der Waals surface area contributed by atoms with Crippen LogP contribution in [0, 0.1) is 26.6 Å². The number of carbonyl (C=O) groups excluding carboxylic acids is 1. The van der Waals surface area contributed by atoms with E-state index in [2.05, 4.69) is 20.3 Å². The van der Waals surface area contributed by atoms with E-state index in [4.69, 9.17) is 9.47 Å². The predicted molar refractivity (Wildman–Crippen MR) is 122 cm³/mol. The second-order valence-electron chi connectivity index (χ2n) is 7.98. The Kier molecular flexibility index (Phi) is 7.77. The van der Waals surface area contributed by atoms with Gasteiger partial charge in [0.2, 0.25) is 5.88 Å². The summed E-state index contributed by atoms with van der Waals surface area (Å²) in [6, 6.07) is 1.73. The number of amides is 1. The summed E-state index contributed by atoms with van der Waals surface area (Å²) >= 11 is 0. The fourth-order valence-corrected chi connectivity index (χ4v) is 3.35. The number of benzene rings is 1. The molecule has 0 saturated carbocycles. The SMILES string of the molecule is COc1ncc(C)c(NC(=O)c2cc(F)c(-c3cnc(C)c(CO)n3)cc2OC(C)C(F)(F)F)c1C. The molecule has 36 heavy (non-hydrogen) atoms. The first-order valence-corrected chi connectivity index (χ1v) is 10.7. The molecular weight excluding hydrogens is 484 g/mol. The molecular formula is C24H24F4N4O4. The van der Waals surface area contributed by atoms with Gasteiger partial charge in [-0.1, -0.05) is 0 Å². The van der Waals surface area contributed by atoms with Gasteiger partial charge in [-0.25, -0.2) is 14.4 Å². The van der Waals surface area contributed by atoms with Crippen LogP contribution >= 0.6 is 0 Å². The molecule has 0 spiro atoms. The van der Waals surface area contributed by atoms with Crippen LogP contribution in [0.1, 0.15) is 39.8 Å². The van der Waals surface area contributed by atoms with E-state index >= 15 is 4.39 Å². The van der Waals surface area contributed by atoms with Crippen molar-refractivity contribution in [1.29, 1.82) is 0 Å². The van der Waals surface area contributed by atoms with E-state index in [1.54, 1.807) is 20.8 Å². The van der Waals surface area contributed by atoms with E-state index in [1.165, 1.54) is 19.5 Å². The zero-order chi connectivity index (χ0) is 26.8. The van der Waals surface area contributed by atoms with Gasteiger partial charge in [0, 0.05) is 17.3 Å². The number of pyridine rings is 1. The lowest BCUT2D eigenvalue weighted by Gasteiger charge is -2.21. The van der Waals surface area contributed by atoms with Crippen LogP contribution in [0.5, 0.6) is 11.6 Å². The summed E-state index contributed by atoms with van der Waals surface area (Å²) in [7, 11) is 1.39. The smallest absolute Gasteiger partial charge is 0.425 e. The van der Waals surface area contributed by atoms with E-state index in [0.717, 1.165) is 19.1 Å². The van der Waals surface area contributed by atoms with Gasteiger partial charge in [-0.15, -0.1) is 0 Å². The zero-order valence-corrected chi connectivity index (χ0v) is 20.1. The number of nitrogens with one attached hydrogen (secondary N) is 1. The van der Waals surface area contributed by atoms with Crippen molar-refractivity contribution in [2.45, 2.75) is 46.6 Å². The third kappa shape index (κ3) is 5.54. The van der Waals surface area contributed by atoms with Crippen molar-refractivity contribution in [2.75, 3.05) is 12.4 Å². The Morgan fingerprint density at radius 1 is 1.17 bits per heavy atom. The molecule has 3 rings (SSSR count). The normalized spacial score (nSPS) is 12.3. The van der Waals surface area contributed by atoms with Gasteiger partial charge in [0.05, 0.1) is 48.2 Å². The molecule has 1 aromatic carbocycles. The first-order chi connectivity index (χ1) is 16.9. The highest BCUT2D eigenvalue weighted by Crippen LogP contribution is 2.34. The number of anilines is 1. The molecule has 0 aliphatic carbocycles. The van der Waals surface area contributed by atoms with Gasteiger partial charge in [0.15, 0.2) is 6.10 Å². The van der Waals surface area contributed by atoms with Crippen LogP contribution in [0.4, 0.5) is 23.2 Å². The quantitative estimate of drug-likeness (QED) is 0.446. The van der Waals surface area contributed by atoms with Crippen LogP contribution in [0.15, 0.2) is 24.5 Å². The molecule has 12 heteroatoms. The molecule has 3 aromatic rings. The molecule has 1 unspecified atom stereocenters. The highest BCUT2D eigenvalue weighted by atomic mass is 19.4. The number of alkyl halides is 3. The lowest BCUT2D eigenvalue weighted by molar-refractivity contribution is -0.189. The number of carbonyl (C=O) groups is 1. The number of rotatable bonds is 7. The maximum atomic E-state index is 15.2. The summed E-state index contributed by atoms with van der Waals surface area (Å²) in [6.07, 6.45) is -4.39.